The Kier molecular flexibility index (Phi) is 2.72. The molecule has 2 N–H and O–H groups in total. The first kappa shape index (κ1) is 12.6. The molecule has 0 amide bonds. The zero-order valence-corrected chi connectivity index (χ0v) is 11.2. The number of fused-ring (bicyclic) bond motifs is 2. The fourth-order valence-electron chi connectivity index (χ4n) is 2.21. The average Bonchev–Trinajstić information content (AvgIpc) is 2.95. The van der Waals surface area contributed by atoms with Gasteiger partial charge in [0, 0.05) is 17.8 Å². The quantitative estimate of drug-likeness (QED) is 0.733. The molecule has 0 bridgehead atoms. The lowest BCUT2D eigenvalue weighted by atomic mass is 10.2. The highest BCUT2D eigenvalue weighted by atomic mass is 19.1. The lowest BCUT2D eigenvalue weighted by Gasteiger charge is -2.09. The van der Waals surface area contributed by atoms with Crippen LogP contribution in [0.2, 0.25) is 0 Å². The van der Waals surface area contributed by atoms with E-state index in [1.54, 1.807) is 18.2 Å². The van der Waals surface area contributed by atoms with Crippen molar-refractivity contribution in [2.24, 2.45) is 0 Å². The smallest absolute Gasteiger partial charge is 0.231 e. The molecule has 22 heavy (non-hydrogen) atoms. The lowest BCUT2D eigenvalue weighted by Crippen LogP contribution is -1.95. The van der Waals surface area contributed by atoms with Gasteiger partial charge in [0.05, 0.1) is 10.9 Å². The van der Waals surface area contributed by atoms with Crippen LogP contribution in [0.1, 0.15) is 0 Å². The van der Waals surface area contributed by atoms with E-state index in [9.17, 15) is 4.39 Å². The number of anilines is 1. The molecule has 0 spiro atoms. The second-order valence-electron chi connectivity index (χ2n) is 4.69. The minimum atomic E-state index is -0.562. The van der Waals surface area contributed by atoms with Crippen LogP contribution < -0.4 is 19.9 Å². The molecule has 0 fully saturated rings. The fraction of sp³-hybridized carbons (Fsp3) is 0.0667. The molecular formula is C15H10FN3O3. The molecule has 2 aromatic carbocycles. The first-order valence-corrected chi connectivity index (χ1v) is 6.48. The summed E-state index contributed by atoms with van der Waals surface area (Å²) in [5.41, 5.74) is 6.46. The number of nitrogens with two attached hydrogens (primary N) is 1. The molecule has 0 aliphatic carbocycles. The zero-order valence-electron chi connectivity index (χ0n) is 11.2. The third-order valence-corrected chi connectivity index (χ3v) is 3.26. The van der Waals surface area contributed by atoms with Crippen LogP contribution in [0.3, 0.4) is 0 Å². The monoisotopic (exact) mass is 299 g/mol. The molecule has 0 radical (unpaired) electrons. The molecule has 4 rings (SSSR count). The van der Waals surface area contributed by atoms with Crippen LogP contribution in [0.25, 0.3) is 10.9 Å². The van der Waals surface area contributed by atoms with E-state index >= 15 is 0 Å². The molecule has 1 aliphatic rings. The Balaban J connectivity index is 1.81. The Morgan fingerprint density at radius 3 is 2.73 bits per heavy atom. The van der Waals surface area contributed by atoms with Crippen molar-refractivity contribution >= 4 is 16.6 Å². The Morgan fingerprint density at radius 2 is 1.91 bits per heavy atom. The Hall–Kier alpha value is -3.09. The van der Waals surface area contributed by atoms with E-state index in [0.29, 0.717) is 28.1 Å². The van der Waals surface area contributed by atoms with E-state index < -0.39 is 5.82 Å². The van der Waals surface area contributed by atoms with Crippen LogP contribution >= 0.6 is 0 Å². The largest absolute Gasteiger partial charge is 0.454 e. The van der Waals surface area contributed by atoms with E-state index in [0.717, 1.165) is 0 Å². The number of rotatable bonds is 2. The maximum Gasteiger partial charge on any atom is 0.231 e. The number of benzene rings is 2. The Morgan fingerprint density at radius 1 is 1.09 bits per heavy atom. The first-order valence-electron chi connectivity index (χ1n) is 6.48. The van der Waals surface area contributed by atoms with Crippen LogP contribution in [0.5, 0.6) is 23.1 Å². The topological polar surface area (TPSA) is 79.5 Å². The number of ether oxygens (including phenoxy) is 3. The first-order chi connectivity index (χ1) is 10.7. The molecule has 0 saturated heterocycles. The van der Waals surface area contributed by atoms with Crippen molar-refractivity contribution in [2.75, 3.05) is 12.5 Å². The van der Waals surface area contributed by atoms with Crippen molar-refractivity contribution in [3.05, 3.63) is 42.5 Å². The van der Waals surface area contributed by atoms with E-state index in [4.69, 9.17) is 19.9 Å². The van der Waals surface area contributed by atoms with Gasteiger partial charge < -0.3 is 19.9 Å². The number of aromatic nitrogens is 2. The van der Waals surface area contributed by atoms with Crippen molar-refractivity contribution in [3.8, 4) is 23.1 Å². The van der Waals surface area contributed by atoms with Crippen molar-refractivity contribution < 1.29 is 18.6 Å². The third kappa shape index (κ3) is 2.03. The second-order valence-corrected chi connectivity index (χ2v) is 4.69. The number of halogens is 1. The zero-order chi connectivity index (χ0) is 15.1. The van der Waals surface area contributed by atoms with Gasteiger partial charge in [0.25, 0.3) is 0 Å². The maximum atomic E-state index is 13.9. The minimum absolute atomic E-state index is 0.0341. The highest BCUT2D eigenvalue weighted by Crippen LogP contribution is 2.38. The fourth-order valence-corrected chi connectivity index (χ4v) is 2.21. The van der Waals surface area contributed by atoms with Crippen LogP contribution in [0.15, 0.2) is 36.7 Å². The minimum Gasteiger partial charge on any atom is -0.454 e. The van der Waals surface area contributed by atoms with Gasteiger partial charge in [-0.3, -0.25) is 0 Å². The molecule has 1 aromatic heterocycles. The molecule has 0 unspecified atom stereocenters. The molecule has 110 valence electrons. The number of hydrogen-bond acceptors (Lipinski definition) is 6. The summed E-state index contributed by atoms with van der Waals surface area (Å²) in [5, 5.41) is 0.600. The molecule has 0 atom stereocenters. The summed E-state index contributed by atoms with van der Waals surface area (Å²) >= 11 is 0. The molecule has 3 aromatic rings. The van der Waals surface area contributed by atoms with Gasteiger partial charge >= 0.3 is 0 Å². The van der Waals surface area contributed by atoms with Gasteiger partial charge in [-0.15, -0.1) is 0 Å². The summed E-state index contributed by atoms with van der Waals surface area (Å²) in [4.78, 5) is 8.22. The van der Waals surface area contributed by atoms with E-state index in [-0.39, 0.29) is 18.4 Å². The van der Waals surface area contributed by atoms with Gasteiger partial charge in [0.15, 0.2) is 23.1 Å². The van der Waals surface area contributed by atoms with Crippen molar-refractivity contribution in [1.29, 1.82) is 0 Å². The van der Waals surface area contributed by atoms with Gasteiger partial charge in [-0.25, -0.2) is 14.4 Å². The van der Waals surface area contributed by atoms with Crippen LogP contribution in [-0.2, 0) is 0 Å². The normalized spacial score (nSPS) is 12.6. The number of hydrogen-bond donors (Lipinski definition) is 1. The van der Waals surface area contributed by atoms with Crippen molar-refractivity contribution in [3.63, 3.8) is 0 Å². The van der Waals surface area contributed by atoms with Crippen LogP contribution in [-0.4, -0.2) is 16.8 Å². The summed E-state index contributed by atoms with van der Waals surface area (Å²) in [6, 6.07) is 7.63. The van der Waals surface area contributed by atoms with Crippen LogP contribution in [0.4, 0.5) is 10.1 Å². The summed E-state index contributed by atoms with van der Waals surface area (Å²) in [7, 11) is 0. The van der Waals surface area contributed by atoms with Crippen molar-refractivity contribution in [1.82, 2.24) is 9.97 Å². The molecule has 0 saturated carbocycles. The molecule has 1 aliphatic heterocycles. The summed E-state index contributed by atoms with van der Waals surface area (Å²) in [5.74, 6) is 0.882. The summed E-state index contributed by atoms with van der Waals surface area (Å²) in [6.45, 7) is 0.155. The molecule has 2 heterocycles. The lowest BCUT2D eigenvalue weighted by molar-refractivity contribution is 0.174. The molecule has 6 nitrogen and oxygen atoms in total. The average molecular weight is 299 g/mol. The predicted molar refractivity (Wildman–Crippen MR) is 76.5 cm³/mol. The molecular weight excluding hydrogens is 289 g/mol. The highest BCUT2D eigenvalue weighted by molar-refractivity contribution is 5.87. The molecule has 7 heteroatoms. The Bertz CT molecular complexity index is 885. The van der Waals surface area contributed by atoms with E-state index in [2.05, 4.69) is 9.97 Å². The highest BCUT2D eigenvalue weighted by Gasteiger charge is 2.18. The van der Waals surface area contributed by atoms with E-state index in [1.807, 2.05) is 0 Å². The van der Waals surface area contributed by atoms with Gasteiger partial charge in [0.2, 0.25) is 12.7 Å². The van der Waals surface area contributed by atoms with Crippen LogP contribution in [0, 0.1) is 5.82 Å². The maximum absolute atomic E-state index is 13.9. The summed E-state index contributed by atoms with van der Waals surface area (Å²) < 4.78 is 30.0. The van der Waals surface area contributed by atoms with Gasteiger partial charge in [0.1, 0.15) is 6.33 Å². The van der Waals surface area contributed by atoms with Gasteiger partial charge in [-0.05, 0) is 18.2 Å². The number of nitrogen functional groups attached to an aromatic ring is 1. The Labute approximate surface area is 124 Å². The third-order valence-electron chi connectivity index (χ3n) is 3.26. The standard InChI is InChI=1S/C15H10FN3O3/c16-10-3-8(17)1-2-12(10)22-15-9-4-13-14(21-7-20-13)5-11(9)18-6-19-15/h1-6H,7,17H2. The second kappa shape index (κ2) is 4.73. The van der Waals surface area contributed by atoms with Crippen molar-refractivity contribution in [2.45, 2.75) is 0 Å². The van der Waals surface area contributed by atoms with Gasteiger partial charge in [-0.2, -0.15) is 0 Å². The number of nitrogens with zero attached hydrogens (tertiary/aromatic N) is 2. The summed E-state index contributed by atoms with van der Waals surface area (Å²) in [6.07, 6.45) is 1.34. The SMILES string of the molecule is Nc1ccc(Oc2ncnc3cc4c(cc23)OCO4)c(F)c1. The van der Waals surface area contributed by atoms with E-state index in [1.165, 1.54) is 18.5 Å². The predicted octanol–water partition coefficient (Wildman–Crippen LogP) is 2.87. The van der Waals surface area contributed by atoms with Gasteiger partial charge in [-0.1, -0.05) is 0 Å².